The molecule has 8 heteroatoms. The molecule has 1 heterocycles. The molecule has 1 aromatic heterocycles. The lowest BCUT2D eigenvalue weighted by Gasteiger charge is -2.11. The van der Waals surface area contributed by atoms with E-state index >= 15 is 0 Å². The summed E-state index contributed by atoms with van der Waals surface area (Å²) in [5.74, 6) is -1.06. The second-order valence-electron chi connectivity index (χ2n) is 4.45. The molecule has 2 rings (SSSR count). The Morgan fingerprint density at radius 2 is 2.05 bits per heavy atom. The van der Waals surface area contributed by atoms with E-state index in [9.17, 15) is 13.2 Å². The van der Waals surface area contributed by atoms with Crippen LogP contribution in [0.15, 0.2) is 41.4 Å². The van der Waals surface area contributed by atoms with E-state index in [1.165, 1.54) is 31.5 Å². The summed E-state index contributed by atoms with van der Waals surface area (Å²) < 4.78 is 32.0. The summed E-state index contributed by atoms with van der Waals surface area (Å²) in [5.41, 5.74) is 0.578. The number of carboxylic acid groups (broad SMARTS) is 1. The molecular weight excluding hydrogens is 308 g/mol. The number of rotatable bonds is 5. The van der Waals surface area contributed by atoms with Crippen LogP contribution in [0.3, 0.4) is 0 Å². The molecular formula is C14H14N2O5S. The number of sulfonamides is 1. The molecule has 0 saturated heterocycles. The van der Waals surface area contributed by atoms with Crippen LogP contribution >= 0.6 is 0 Å². The second kappa shape index (κ2) is 6.02. The van der Waals surface area contributed by atoms with Crippen molar-refractivity contribution in [3.63, 3.8) is 0 Å². The molecule has 1 aromatic carbocycles. The Kier molecular flexibility index (Phi) is 4.32. The van der Waals surface area contributed by atoms with Crippen molar-refractivity contribution in [2.45, 2.75) is 11.8 Å². The van der Waals surface area contributed by atoms with Gasteiger partial charge in [-0.25, -0.2) is 18.2 Å². The van der Waals surface area contributed by atoms with Gasteiger partial charge < -0.3 is 9.84 Å². The maximum atomic E-state index is 12.4. The van der Waals surface area contributed by atoms with Gasteiger partial charge in [0.1, 0.15) is 5.69 Å². The molecule has 0 aliphatic carbocycles. The molecule has 2 aromatic rings. The lowest BCUT2D eigenvalue weighted by Crippen LogP contribution is -2.15. The molecule has 0 atom stereocenters. The summed E-state index contributed by atoms with van der Waals surface area (Å²) in [6, 6.07) is 6.95. The minimum atomic E-state index is -3.95. The second-order valence-corrected chi connectivity index (χ2v) is 6.13. The van der Waals surface area contributed by atoms with E-state index in [-0.39, 0.29) is 22.0 Å². The van der Waals surface area contributed by atoms with Crippen molar-refractivity contribution < 1.29 is 23.1 Å². The number of methoxy groups -OCH3 is 1. The topological polar surface area (TPSA) is 106 Å². The highest BCUT2D eigenvalue weighted by atomic mass is 32.2. The van der Waals surface area contributed by atoms with Crippen molar-refractivity contribution in [2.24, 2.45) is 0 Å². The minimum absolute atomic E-state index is 0.0685. The number of aryl methyl sites for hydroxylation is 1. The third kappa shape index (κ3) is 3.17. The number of ether oxygens (including phenoxy) is 1. The van der Waals surface area contributed by atoms with Crippen molar-refractivity contribution in [2.75, 3.05) is 11.8 Å². The predicted octanol–water partition coefficient (Wildman–Crippen LogP) is 1.90. The zero-order valence-corrected chi connectivity index (χ0v) is 12.7. The van der Waals surface area contributed by atoms with Gasteiger partial charge in [0, 0.05) is 6.20 Å². The summed E-state index contributed by atoms with van der Waals surface area (Å²) in [4.78, 5) is 14.9. The third-order valence-electron chi connectivity index (χ3n) is 2.96. The SMILES string of the molecule is COc1ncccc1NS(=O)(=O)c1ccc(C)c(C(=O)O)c1. The van der Waals surface area contributed by atoms with E-state index in [0.717, 1.165) is 6.07 Å². The molecule has 0 spiro atoms. The Balaban J connectivity index is 2.43. The maximum Gasteiger partial charge on any atom is 0.335 e. The number of aromatic carboxylic acids is 1. The quantitative estimate of drug-likeness (QED) is 0.871. The largest absolute Gasteiger partial charge is 0.480 e. The highest BCUT2D eigenvalue weighted by Gasteiger charge is 2.19. The van der Waals surface area contributed by atoms with Gasteiger partial charge in [0.25, 0.3) is 10.0 Å². The van der Waals surface area contributed by atoms with Gasteiger partial charge in [0.15, 0.2) is 0 Å². The first-order valence-electron chi connectivity index (χ1n) is 6.21. The van der Waals surface area contributed by atoms with Gasteiger partial charge >= 0.3 is 5.97 Å². The third-order valence-corrected chi connectivity index (χ3v) is 4.32. The van der Waals surface area contributed by atoms with Crippen molar-refractivity contribution >= 4 is 21.7 Å². The van der Waals surface area contributed by atoms with Gasteiger partial charge in [0.2, 0.25) is 5.88 Å². The van der Waals surface area contributed by atoms with Gasteiger partial charge in [0.05, 0.1) is 17.6 Å². The van der Waals surface area contributed by atoms with Gasteiger partial charge in [-0.3, -0.25) is 4.72 Å². The van der Waals surface area contributed by atoms with E-state index in [2.05, 4.69) is 9.71 Å². The summed E-state index contributed by atoms with van der Waals surface area (Å²) in [6.45, 7) is 1.59. The monoisotopic (exact) mass is 322 g/mol. The molecule has 0 bridgehead atoms. The average molecular weight is 322 g/mol. The lowest BCUT2D eigenvalue weighted by atomic mass is 10.1. The standard InChI is InChI=1S/C14H14N2O5S/c1-9-5-6-10(8-11(9)14(17)18)22(19,20)16-12-4-3-7-15-13(12)21-2/h3-8,16H,1-2H3,(H,17,18). The Labute approximate surface area is 127 Å². The van der Waals surface area contributed by atoms with Crippen LogP contribution in [0, 0.1) is 6.92 Å². The van der Waals surface area contributed by atoms with Gasteiger partial charge in [-0.1, -0.05) is 6.07 Å². The van der Waals surface area contributed by atoms with Crippen LogP contribution in [0.1, 0.15) is 15.9 Å². The fourth-order valence-corrected chi connectivity index (χ4v) is 2.92. The Morgan fingerprint density at radius 3 is 2.68 bits per heavy atom. The number of nitrogens with zero attached hydrogens (tertiary/aromatic N) is 1. The molecule has 0 aliphatic rings. The Bertz CT molecular complexity index is 818. The first-order valence-corrected chi connectivity index (χ1v) is 7.69. The van der Waals surface area contributed by atoms with E-state index in [0.29, 0.717) is 5.56 Å². The zero-order chi connectivity index (χ0) is 16.3. The van der Waals surface area contributed by atoms with Crippen LogP contribution in [-0.4, -0.2) is 31.6 Å². The molecule has 0 saturated carbocycles. The lowest BCUT2D eigenvalue weighted by molar-refractivity contribution is 0.0696. The number of hydrogen-bond donors (Lipinski definition) is 2. The van der Waals surface area contributed by atoms with Crippen LogP contribution < -0.4 is 9.46 Å². The van der Waals surface area contributed by atoms with Gasteiger partial charge in [-0.15, -0.1) is 0 Å². The number of anilines is 1. The van der Waals surface area contributed by atoms with Crippen LogP contribution in [0.25, 0.3) is 0 Å². The number of hydrogen-bond acceptors (Lipinski definition) is 5. The predicted molar refractivity (Wildman–Crippen MR) is 79.7 cm³/mol. The number of pyridine rings is 1. The van der Waals surface area contributed by atoms with Gasteiger partial charge in [-0.2, -0.15) is 0 Å². The summed E-state index contributed by atoms with van der Waals surface area (Å²) in [5, 5.41) is 9.08. The number of carbonyl (C=O) groups is 1. The van der Waals surface area contributed by atoms with Crippen molar-refractivity contribution in [3.05, 3.63) is 47.7 Å². The van der Waals surface area contributed by atoms with E-state index in [1.807, 2.05) is 0 Å². The molecule has 0 fully saturated rings. The molecule has 7 nitrogen and oxygen atoms in total. The average Bonchev–Trinajstić information content (AvgIpc) is 2.47. The Hall–Kier alpha value is -2.61. The number of aromatic nitrogens is 1. The fraction of sp³-hybridized carbons (Fsp3) is 0.143. The van der Waals surface area contributed by atoms with E-state index in [1.54, 1.807) is 13.0 Å². The first kappa shape index (κ1) is 15.8. The summed E-state index contributed by atoms with van der Waals surface area (Å²) in [7, 11) is -2.58. The molecule has 0 unspecified atom stereocenters. The molecule has 0 aliphatic heterocycles. The number of benzene rings is 1. The molecule has 116 valence electrons. The van der Waals surface area contributed by atoms with Crippen molar-refractivity contribution in [1.29, 1.82) is 0 Å². The smallest absolute Gasteiger partial charge is 0.335 e. The normalized spacial score (nSPS) is 11.0. The molecule has 22 heavy (non-hydrogen) atoms. The number of nitrogens with one attached hydrogen (secondary N) is 1. The highest BCUT2D eigenvalue weighted by molar-refractivity contribution is 7.92. The van der Waals surface area contributed by atoms with Crippen LogP contribution in [0.5, 0.6) is 5.88 Å². The van der Waals surface area contributed by atoms with Crippen LogP contribution in [0.4, 0.5) is 5.69 Å². The molecule has 2 N–H and O–H groups in total. The molecule has 0 amide bonds. The fourth-order valence-electron chi connectivity index (χ4n) is 1.83. The molecule has 0 radical (unpaired) electrons. The van der Waals surface area contributed by atoms with Gasteiger partial charge in [-0.05, 0) is 36.8 Å². The van der Waals surface area contributed by atoms with Crippen molar-refractivity contribution in [3.8, 4) is 5.88 Å². The summed E-state index contributed by atoms with van der Waals surface area (Å²) >= 11 is 0. The first-order chi connectivity index (χ1) is 10.3. The van der Waals surface area contributed by atoms with Crippen LogP contribution in [0.2, 0.25) is 0 Å². The van der Waals surface area contributed by atoms with Crippen LogP contribution in [-0.2, 0) is 10.0 Å². The summed E-state index contributed by atoms with van der Waals surface area (Å²) in [6.07, 6.45) is 1.46. The zero-order valence-electron chi connectivity index (χ0n) is 11.9. The van der Waals surface area contributed by atoms with E-state index < -0.39 is 16.0 Å². The number of carboxylic acids is 1. The minimum Gasteiger partial charge on any atom is -0.480 e. The van der Waals surface area contributed by atoms with E-state index in [4.69, 9.17) is 9.84 Å². The highest BCUT2D eigenvalue weighted by Crippen LogP contribution is 2.24. The Morgan fingerprint density at radius 1 is 1.32 bits per heavy atom. The maximum absolute atomic E-state index is 12.4. The van der Waals surface area contributed by atoms with Crippen molar-refractivity contribution in [1.82, 2.24) is 4.98 Å².